The van der Waals surface area contributed by atoms with Crippen molar-refractivity contribution >= 4 is 11.3 Å². The van der Waals surface area contributed by atoms with Crippen LogP contribution >= 0.6 is 11.3 Å². The van der Waals surface area contributed by atoms with Crippen molar-refractivity contribution in [1.29, 1.82) is 0 Å². The van der Waals surface area contributed by atoms with Crippen LogP contribution in [0.25, 0.3) is 0 Å². The Bertz CT molecular complexity index is 447. The largest absolute Gasteiger partial charge is 0.275 e. The summed E-state index contributed by atoms with van der Waals surface area (Å²) in [5.74, 6) is 5.62. The Morgan fingerprint density at radius 2 is 2.44 bits per heavy atom. The van der Waals surface area contributed by atoms with Gasteiger partial charge in [0.25, 0.3) is 0 Å². The molecule has 0 aromatic carbocycles. The van der Waals surface area contributed by atoms with Crippen LogP contribution in [0.3, 0.4) is 0 Å². The molecule has 16 heavy (non-hydrogen) atoms. The summed E-state index contributed by atoms with van der Waals surface area (Å²) >= 11 is 1.75. The minimum atomic E-state index is 0.132. The van der Waals surface area contributed by atoms with Gasteiger partial charge in [-0.2, -0.15) is 5.10 Å². The minimum absolute atomic E-state index is 0.132. The first kappa shape index (κ1) is 11.3. The third-order valence-electron chi connectivity index (χ3n) is 2.61. The van der Waals surface area contributed by atoms with Crippen LogP contribution in [0.5, 0.6) is 0 Å². The van der Waals surface area contributed by atoms with Gasteiger partial charge in [-0.1, -0.05) is 6.07 Å². The summed E-state index contributed by atoms with van der Waals surface area (Å²) < 4.78 is 1.82. The van der Waals surface area contributed by atoms with Gasteiger partial charge in [-0.25, -0.2) is 0 Å². The zero-order valence-corrected chi connectivity index (χ0v) is 10.3. The van der Waals surface area contributed by atoms with Crippen molar-refractivity contribution in [2.45, 2.75) is 19.4 Å². The van der Waals surface area contributed by atoms with Crippen molar-refractivity contribution in [3.63, 3.8) is 0 Å². The first-order valence-corrected chi connectivity index (χ1v) is 6.07. The molecular weight excluding hydrogens is 220 g/mol. The van der Waals surface area contributed by atoms with E-state index in [9.17, 15) is 0 Å². The Kier molecular flexibility index (Phi) is 3.38. The molecule has 0 spiro atoms. The monoisotopic (exact) mass is 236 g/mol. The summed E-state index contributed by atoms with van der Waals surface area (Å²) in [6.45, 7) is 2.01. The molecule has 2 aromatic heterocycles. The van der Waals surface area contributed by atoms with E-state index in [0.29, 0.717) is 0 Å². The lowest BCUT2D eigenvalue weighted by molar-refractivity contribution is 0.553. The number of hydrazine groups is 1. The van der Waals surface area contributed by atoms with Crippen molar-refractivity contribution in [2.24, 2.45) is 12.9 Å². The number of aromatic nitrogens is 2. The van der Waals surface area contributed by atoms with Crippen LogP contribution in [0, 0.1) is 6.92 Å². The maximum atomic E-state index is 5.62. The lowest BCUT2D eigenvalue weighted by Gasteiger charge is -2.13. The van der Waals surface area contributed by atoms with Crippen molar-refractivity contribution in [1.82, 2.24) is 15.2 Å². The molecule has 0 bridgehead atoms. The summed E-state index contributed by atoms with van der Waals surface area (Å²) in [5, 5.41) is 6.42. The van der Waals surface area contributed by atoms with E-state index >= 15 is 0 Å². The molecule has 0 saturated heterocycles. The van der Waals surface area contributed by atoms with E-state index in [-0.39, 0.29) is 6.04 Å². The summed E-state index contributed by atoms with van der Waals surface area (Å²) in [4.78, 5) is 1.33. The van der Waals surface area contributed by atoms with E-state index in [0.717, 1.165) is 12.1 Å². The summed E-state index contributed by atoms with van der Waals surface area (Å²) in [5.41, 5.74) is 5.06. The highest BCUT2D eigenvalue weighted by atomic mass is 32.1. The second-order valence-corrected chi connectivity index (χ2v) is 4.88. The first-order chi connectivity index (χ1) is 7.70. The number of rotatable bonds is 4. The van der Waals surface area contributed by atoms with Gasteiger partial charge in [-0.05, 0) is 18.4 Å². The number of hydrogen-bond acceptors (Lipinski definition) is 4. The zero-order valence-electron chi connectivity index (χ0n) is 9.47. The average Bonchev–Trinajstić information content (AvgIpc) is 2.85. The van der Waals surface area contributed by atoms with Gasteiger partial charge in [-0.15, -0.1) is 11.3 Å². The van der Waals surface area contributed by atoms with Gasteiger partial charge in [0.2, 0.25) is 0 Å². The predicted octanol–water partition coefficient (Wildman–Crippen LogP) is 1.54. The number of nitrogens with zero attached hydrogens (tertiary/aromatic N) is 2. The number of nitrogens with one attached hydrogen (secondary N) is 1. The van der Waals surface area contributed by atoms with E-state index in [1.54, 1.807) is 11.3 Å². The Balaban J connectivity index is 2.19. The van der Waals surface area contributed by atoms with Gasteiger partial charge in [0.05, 0.1) is 11.7 Å². The molecule has 0 aliphatic heterocycles. The molecule has 2 aromatic rings. The molecule has 2 rings (SSSR count). The average molecular weight is 236 g/mol. The van der Waals surface area contributed by atoms with Gasteiger partial charge in [-0.3, -0.25) is 16.0 Å². The van der Waals surface area contributed by atoms with Crippen LogP contribution in [0.1, 0.15) is 22.2 Å². The molecule has 0 saturated carbocycles. The number of thiophene rings is 1. The molecule has 1 atom stereocenters. The molecule has 0 amide bonds. The van der Waals surface area contributed by atoms with Crippen molar-refractivity contribution in [3.8, 4) is 0 Å². The molecule has 4 nitrogen and oxygen atoms in total. The van der Waals surface area contributed by atoms with E-state index < -0.39 is 0 Å². The predicted molar refractivity (Wildman–Crippen MR) is 66.0 cm³/mol. The number of hydrogen-bond donors (Lipinski definition) is 2. The quantitative estimate of drug-likeness (QED) is 0.625. The van der Waals surface area contributed by atoms with Crippen LogP contribution in [0.2, 0.25) is 0 Å². The Morgan fingerprint density at radius 3 is 2.94 bits per heavy atom. The van der Waals surface area contributed by atoms with Crippen molar-refractivity contribution in [3.05, 3.63) is 39.8 Å². The van der Waals surface area contributed by atoms with E-state index in [4.69, 9.17) is 5.84 Å². The van der Waals surface area contributed by atoms with Crippen LogP contribution < -0.4 is 11.3 Å². The maximum Gasteiger partial charge on any atom is 0.0642 e. The molecule has 2 heterocycles. The molecule has 0 aliphatic rings. The second-order valence-electron chi connectivity index (χ2n) is 3.85. The molecule has 1 unspecified atom stereocenters. The molecule has 0 radical (unpaired) electrons. The molecule has 0 fully saturated rings. The van der Waals surface area contributed by atoms with Crippen LogP contribution in [0.4, 0.5) is 0 Å². The normalized spacial score (nSPS) is 12.9. The standard InChI is InChI=1S/C11H16N4S/c1-8-10(7-15(2)14-8)11(13-12)6-9-4-3-5-16-9/h3-5,7,11,13H,6,12H2,1-2H3. The third kappa shape index (κ3) is 2.32. The van der Waals surface area contributed by atoms with Crippen molar-refractivity contribution in [2.75, 3.05) is 0 Å². The third-order valence-corrected chi connectivity index (χ3v) is 3.51. The van der Waals surface area contributed by atoms with E-state index in [1.165, 1.54) is 10.4 Å². The summed E-state index contributed by atoms with van der Waals surface area (Å²) in [7, 11) is 1.93. The minimum Gasteiger partial charge on any atom is -0.275 e. The fourth-order valence-corrected chi connectivity index (χ4v) is 2.60. The topological polar surface area (TPSA) is 55.9 Å². The highest BCUT2D eigenvalue weighted by molar-refractivity contribution is 7.09. The lowest BCUT2D eigenvalue weighted by atomic mass is 10.1. The van der Waals surface area contributed by atoms with Gasteiger partial charge in [0, 0.05) is 30.1 Å². The molecule has 3 N–H and O–H groups in total. The first-order valence-electron chi connectivity index (χ1n) is 5.19. The highest BCUT2D eigenvalue weighted by Crippen LogP contribution is 2.22. The second kappa shape index (κ2) is 4.78. The van der Waals surface area contributed by atoms with Crippen molar-refractivity contribution < 1.29 is 0 Å². The maximum absolute atomic E-state index is 5.62. The van der Waals surface area contributed by atoms with Gasteiger partial charge in [0.15, 0.2) is 0 Å². The van der Waals surface area contributed by atoms with E-state index in [1.807, 2.05) is 24.9 Å². The lowest BCUT2D eigenvalue weighted by Crippen LogP contribution is -2.29. The van der Waals surface area contributed by atoms with Gasteiger partial charge in [0.1, 0.15) is 0 Å². The number of nitrogens with two attached hydrogens (primary N) is 1. The van der Waals surface area contributed by atoms with Crippen LogP contribution in [-0.2, 0) is 13.5 Å². The Labute approximate surface area is 99.1 Å². The van der Waals surface area contributed by atoms with Gasteiger partial charge >= 0.3 is 0 Å². The fraction of sp³-hybridized carbons (Fsp3) is 0.364. The molecule has 5 heteroatoms. The molecule has 0 aliphatic carbocycles. The van der Waals surface area contributed by atoms with Gasteiger partial charge < -0.3 is 0 Å². The van der Waals surface area contributed by atoms with Crippen LogP contribution in [0.15, 0.2) is 23.7 Å². The van der Waals surface area contributed by atoms with Crippen LogP contribution in [-0.4, -0.2) is 9.78 Å². The smallest absolute Gasteiger partial charge is 0.0642 e. The van der Waals surface area contributed by atoms with E-state index in [2.05, 4.69) is 28.0 Å². The zero-order chi connectivity index (χ0) is 11.5. The fourth-order valence-electron chi connectivity index (χ4n) is 1.85. The summed E-state index contributed by atoms with van der Waals surface area (Å²) in [6, 6.07) is 4.32. The Morgan fingerprint density at radius 1 is 1.62 bits per heavy atom. The highest BCUT2D eigenvalue weighted by Gasteiger charge is 2.15. The Hall–Kier alpha value is -1.17. The molecule has 86 valence electrons. The SMILES string of the molecule is Cc1nn(C)cc1C(Cc1cccs1)NN. The number of aryl methyl sites for hydroxylation is 2. The molecular formula is C11H16N4S. The summed E-state index contributed by atoms with van der Waals surface area (Å²) in [6.07, 6.45) is 2.92.